The summed E-state index contributed by atoms with van der Waals surface area (Å²) in [7, 11) is 1.70. The molecule has 1 atom stereocenters. The average Bonchev–Trinajstić information content (AvgIpc) is 2.32. The van der Waals surface area contributed by atoms with Gasteiger partial charge in [0.1, 0.15) is 0 Å². The Kier molecular flexibility index (Phi) is 9.77. The van der Waals surface area contributed by atoms with Crippen LogP contribution < -0.4 is 0 Å². The maximum absolute atomic E-state index is 11.1. The SMILES string of the molecule is CCOC(=O)/C=C/CN(CCOC)C(C)CC. The van der Waals surface area contributed by atoms with Crippen LogP contribution in [-0.2, 0) is 14.3 Å². The van der Waals surface area contributed by atoms with Gasteiger partial charge in [0.15, 0.2) is 0 Å². The Labute approximate surface area is 105 Å². The van der Waals surface area contributed by atoms with Crippen molar-refractivity contribution in [2.45, 2.75) is 33.2 Å². The fraction of sp³-hybridized carbons (Fsp3) is 0.769. The van der Waals surface area contributed by atoms with E-state index in [1.54, 1.807) is 14.0 Å². The van der Waals surface area contributed by atoms with Gasteiger partial charge >= 0.3 is 5.97 Å². The smallest absolute Gasteiger partial charge is 0.330 e. The van der Waals surface area contributed by atoms with E-state index in [1.165, 1.54) is 6.08 Å². The lowest BCUT2D eigenvalue weighted by atomic mass is 10.2. The van der Waals surface area contributed by atoms with Gasteiger partial charge < -0.3 is 9.47 Å². The lowest BCUT2D eigenvalue weighted by molar-refractivity contribution is -0.137. The number of carbonyl (C=O) groups is 1. The van der Waals surface area contributed by atoms with Crippen molar-refractivity contribution >= 4 is 5.97 Å². The maximum atomic E-state index is 11.1. The van der Waals surface area contributed by atoms with Crippen molar-refractivity contribution < 1.29 is 14.3 Å². The predicted molar refractivity (Wildman–Crippen MR) is 69.0 cm³/mol. The van der Waals surface area contributed by atoms with Crippen LogP contribution in [0.4, 0.5) is 0 Å². The minimum absolute atomic E-state index is 0.275. The van der Waals surface area contributed by atoms with Crippen LogP contribution >= 0.6 is 0 Å². The van der Waals surface area contributed by atoms with Crippen molar-refractivity contribution in [2.75, 3.05) is 33.4 Å². The van der Waals surface area contributed by atoms with Crippen molar-refractivity contribution in [1.29, 1.82) is 0 Å². The number of methoxy groups -OCH3 is 1. The second kappa shape index (κ2) is 10.3. The van der Waals surface area contributed by atoms with Gasteiger partial charge in [-0.1, -0.05) is 13.0 Å². The first-order chi connectivity index (χ1) is 8.15. The summed E-state index contributed by atoms with van der Waals surface area (Å²) in [6.45, 7) is 8.87. The molecule has 0 fully saturated rings. The molecule has 0 aliphatic heterocycles. The van der Waals surface area contributed by atoms with Crippen molar-refractivity contribution in [3.05, 3.63) is 12.2 Å². The van der Waals surface area contributed by atoms with E-state index in [0.717, 1.165) is 19.5 Å². The fourth-order valence-electron chi connectivity index (χ4n) is 1.43. The molecule has 0 aromatic heterocycles. The molecule has 0 saturated heterocycles. The first-order valence-electron chi connectivity index (χ1n) is 6.21. The van der Waals surface area contributed by atoms with Crippen LogP contribution in [0.3, 0.4) is 0 Å². The summed E-state index contributed by atoms with van der Waals surface area (Å²) in [6, 6.07) is 0.483. The van der Waals surface area contributed by atoms with Crippen LogP contribution in [0.1, 0.15) is 27.2 Å². The van der Waals surface area contributed by atoms with Gasteiger partial charge in [-0.05, 0) is 20.3 Å². The molecule has 0 rings (SSSR count). The standard InChI is InChI=1S/C13H25NO3/c1-5-12(3)14(10-11-16-4)9-7-8-13(15)17-6-2/h7-8,12H,5-6,9-11H2,1-4H3/b8-7+. The number of rotatable bonds is 9. The number of esters is 1. The molecule has 4 heteroatoms. The average molecular weight is 243 g/mol. The molecule has 0 saturated carbocycles. The number of ether oxygens (including phenoxy) is 2. The van der Waals surface area contributed by atoms with Crippen LogP contribution in [0.15, 0.2) is 12.2 Å². The molecule has 4 nitrogen and oxygen atoms in total. The zero-order valence-electron chi connectivity index (χ0n) is 11.4. The van der Waals surface area contributed by atoms with Crippen LogP contribution in [-0.4, -0.2) is 50.3 Å². The van der Waals surface area contributed by atoms with Gasteiger partial charge in [-0.15, -0.1) is 0 Å². The van der Waals surface area contributed by atoms with E-state index >= 15 is 0 Å². The molecular formula is C13H25NO3. The highest BCUT2D eigenvalue weighted by Gasteiger charge is 2.09. The molecular weight excluding hydrogens is 218 g/mol. The zero-order valence-corrected chi connectivity index (χ0v) is 11.4. The lowest BCUT2D eigenvalue weighted by Crippen LogP contribution is -2.35. The Hall–Kier alpha value is -0.870. The highest BCUT2D eigenvalue weighted by atomic mass is 16.5. The Balaban J connectivity index is 4.09. The molecule has 0 radical (unpaired) electrons. The van der Waals surface area contributed by atoms with Crippen LogP contribution in [0.25, 0.3) is 0 Å². The van der Waals surface area contributed by atoms with Gasteiger partial charge in [0.05, 0.1) is 13.2 Å². The Morgan fingerprint density at radius 1 is 1.41 bits per heavy atom. The van der Waals surface area contributed by atoms with Gasteiger partial charge in [0.2, 0.25) is 0 Å². The maximum Gasteiger partial charge on any atom is 0.330 e. The topological polar surface area (TPSA) is 38.8 Å². The van der Waals surface area contributed by atoms with Crippen LogP contribution in [0, 0.1) is 0 Å². The summed E-state index contributed by atoms with van der Waals surface area (Å²) < 4.78 is 9.90. The van der Waals surface area contributed by atoms with Gasteiger partial charge in [-0.2, -0.15) is 0 Å². The van der Waals surface area contributed by atoms with Crippen LogP contribution in [0.5, 0.6) is 0 Å². The first-order valence-corrected chi connectivity index (χ1v) is 6.21. The monoisotopic (exact) mass is 243 g/mol. The molecule has 0 aliphatic carbocycles. The van der Waals surface area contributed by atoms with E-state index < -0.39 is 0 Å². The summed E-state index contributed by atoms with van der Waals surface area (Å²) >= 11 is 0. The highest BCUT2D eigenvalue weighted by molar-refractivity contribution is 5.81. The summed E-state index contributed by atoms with van der Waals surface area (Å²) in [4.78, 5) is 13.4. The van der Waals surface area contributed by atoms with E-state index in [-0.39, 0.29) is 5.97 Å². The molecule has 1 unspecified atom stereocenters. The fourth-order valence-corrected chi connectivity index (χ4v) is 1.43. The Bertz CT molecular complexity index is 229. The minimum Gasteiger partial charge on any atom is -0.463 e. The largest absolute Gasteiger partial charge is 0.463 e. The molecule has 0 aromatic carbocycles. The summed E-state index contributed by atoms with van der Waals surface area (Å²) in [5.41, 5.74) is 0. The van der Waals surface area contributed by atoms with Crippen molar-refractivity contribution in [2.24, 2.45) is 0 Å². The number of carbonyl (C=O) groups excluding carboxylic acids is 1. The number of hydrogen-bond donors (Lipinski definition) is 0. The Morgan fingerprint density at radius 3 is 2.65 bits per heavy atom. The summed E-state index contributed by atoms with van der Waals surface area (Å²) in [6.07, 6.45) is 4.42. The summed E-state index contributed by atoms with van der Waals surface area (Å²) in [5.74, 6) is -0.275. The molecule has 0 aromatic rings. The third-order valence-corrected chi connectivity index (χ3v) is 2.68. The Morgan fingerprint density at radius 2 is 2.12 bits per heavy atom. The first kappa shape index (κ1) is 16.1. The number of hydrogen-bond acceptors (Lipinski definition) is 4. The van der Waals surface area contributed by atoms with Gasteiger partial charge in [-0.25, -0.2) is 4.79 Å². The van der Waals surface area contributed by atoms with E-state index in [2.05, 4.69) is 18.7 Å². The molecule has 0 spiro atoms. The summed E-state index contributed by atoms with van der Waals surface area (Å²) in [5, 5.41) is 0. The third kappa shape index (κ3) is 7.94. The van der Waals surface area contributed by atoms with E-state index in [9.17, 15) is 4.79 Å². The second-order valence-corrected chi connectivity index (χ2v) is 3.90. The third-order valence-electron chi connectivity index (χ3n) is 2.68. The molecule has 0 amide bonds. The quantitative estimate of drug-likeness (QED) is 0.457. The van der Waals surface area contributed by atoms with Crippen molar-refractivity contribution in [1.82, 2.24) is 4.90 Å². The van der Waals surface area contributed by atoms with E-state index in [4.69, 9.17) is 9.47 Å². The second-order valence-electron chi connectivity index (χ2n) is 3.90. The molecule has 0 N–H and O–H groups in total. The lowest BCUT2D eigenvalue weighted by Gasteiger charge is -2.26. The molecule has 0 heterocycles. The predicted octanol–water partition coefficient (Wildman–Crippen LogP) is 1.85. The van der Waals surface area contributed by atoms with Crippen molar-refractivity contribution in [3.63, 3.8) is 0 Å². The normalized spacial score (nSPS) is 13.2. The highest BCUT2D eigenvalue weighted by Crippen LogP contribution is 2.03. The molecule has 0 aliphatic rings. The van der Waals surface area contributed by atoms with Crippen molar-refractivity contribution in [3.8, 4) is 0 Å². The number of nitrogens with zero attached hydrogens (tertiary/aromatic N) is 1. The van der Waals surface area contributed by atoms with Gasteiger partial charge in [-0.3, -0.25) is 4.90 Å². The van der Waals surface area contributed by atoms with Gasteiger partial charge in [0, 0.05) is 32.3 Å². The molecule has 0 bridgehead atoms. The molecule has 100 valence electrons. The zero-order chi connectivity index (χ0) is 13.1. The van der Waals surface area contributed by atoms with Gasteiger partial charge in [0.25, 0.3) is 0 Å². The van der Waals surface area contributed by atoms with E-state index in [0.29, 0.717) is 19.3 Å². The minimum atomic E-state index is -0.275. The molecule has 17 heavy (non-hydrogen) atoms. The van der Waals surface area contributed by atoms with Crippen LogP contribution in [0.2, 0.25) is 0 Å². The van der Waals surface area contributed by atoms with E-state index in [1.807, 2.05) is 6.08 Å².